The molecule has 3 rings (SSSR count). The van der Waals surface area contributed by atoms with Crippen molar-refractivity contribution >= 4 is 11.0 Å². The van der Waals surface area contributed by atoms with Crippen LogP contribution in [0.4, 0.5) is 0 Å². The van der Waals surface area contributed by atoms with Crippen molar-refractivity contribution in [2.24, 2.45) is 5.73 Å². The van der Waals surface area contributed by atoms with Crippen LogP contribution in [-0.4, -0.2) is 32.1 Å². The van der Waals surface area contributed by atoms with Crippen LogP contribution >= 0.6 is 0 Å². The lowest BCUT2D eigenvalue weighted by Crippen LogP contribution is -2.50. The molecule has 2 atom stereocenters. The minimum atomic E-state index is -1.00. The Balaban J connectivity index is 2.12. The molecule has 2 aromatic rings. The molecule has 1 aromatic carbocycles. The molecule has 5 nitrogen and oxygen atoms in total. The van der Waals surface area contributed by atoms with Gasteiger partial charge in [-0.25, -0.2) is 4.98 Å². The van der Waals surface area contributed by atoms with E-state index < -0.39 is 6.23 Å². The number of para-hydroxylation sites is 1. The zero-order valence-electron chi connectivity index (χ0n) is 13.8. The molecule has 0 spiro atoms. The minimum absolute atomic E-state index is 0.0838. The zero-order valence-corrected chi connectivity index (χ0v) is 13.8. The maximum absolute atomic E-state index is 9.76. The Morgan fingerprint density at radius 2 is 2.14 bits per heavy atom. The molecule has 1 unspecified atom stereocenters. The van der Waals surface area contributed by atoms with Crippen LogP contribution in [0, 0.1) is 0 Å². The molecule has 0 amide bonds. The number of fused-ring (bicyclic) bond motifs is 1. The Morgan fingerprint density at radius 3 is 2.77 bits per heavy atom. The highest BCUT2D eigenvalue weighted by Crippen LogP contribution is 2.42. The lowest BCUT2D eigenvalue weighted by atomic mass is 9.93. The summed E-state index contributed by atoms with van der Waals surface area (Å²) in [6.07, 6.45) is 1.23. The smallest absolute Gasteiger partial charge is 0.130 e. The average molecular weight is 302 g/mol. The van der Waals surface area contributed by atoms with E-state index in [2.05, 4.69) is 37.6 Å². The van der Waals surface area contributed by atoms with Gasteiger partial charge >= 0.3 is 0 Å². The first-order valence-electron chi connectivity index (χ1n) is 7.94. The lowest BCUT2D eigenvalue weighted by Gasteiger charge is -2.43. The second-order valence-corrected chi connectivity index (χ2v) is 7.47. The van der Waals surface area contributed by atoms with Gasteiger partial charge < -0.3 is 15.8 Å². The van der Waals surface area contributed by atoms with Crippen molar-refractivity contribution in [3.8, 4) is 0 Å². The highest BCUT2D eigenvalue weighted by atomic mass is 16.3. The summed E-state index contributed by atoms with van der Waals surface area (Å²) >= 11 is 0. The van der Waals surface area contributed by atoms with E-state index in [0.717, 1.165) is 36.2 Å². The molecule has 1 aliphatic heterocycles. The Morgan fingerprint density at radius 1 is 1.41 bits per heavy atom. The molecule has 1 aliphatic rings. The molecule has 0 saturated carbocycles. The molecule has 22 heavy (non-hydrogen) atoms. The standard InChI is InChI=1S/C17H26N4O/c1-16(2,3)21-10-6-9-17(21,4)15-19-12-8-5-7-11(14(18)22)13(12)20-15/h5,7-8,14,22H,6,9-10,18H2,1-4H3,(H,19,20)/t14?,17-/m1/s1. The number of H-pyrrole nitrogens is 1. The Hall–Kier alpha value is -1.43. The molecule has 0 bridgehead atoms. The third-order valence-electron chi connectivity index (χ3n) is 4.82. The number of nitrogens with two attached hydrogens (primary N) is 1. The molecule has 0 aliphatic carbocycles. The normalized spacial score (nSPS) is 25.0. The van der Waals surface area contributed by atoms with Crippen molar-refractivity contribution in [1.29, 1.82) is 0 Å². The van der Waals surface area contributed by atoms with Gasteiger partial charge in [-0.05, 0) is 53.1 Å². The number of aromatic nitrogens is 2. The van der Waals surface area contributed by atoms with Crippen molar-refractivity contribution in [2.45, 2.75) is 57.8 Å². The molecule has 1 fully saturated rings. The Kier molecular flexibility index (Phi) is 3.55. The number of nitrogens with one attached hydrogen (secondary N) is 1. The predicted molar refractivity (Wildman–Crippen MR) is 88.3 cm³/mol. The van der Waals surface area contributed by atoms with E-state index in [1.54, 1.807) is 0 Å². The van der Waals surface area contributed by atoms with Gasteiger partial charge in [-0.1, -0.05) is 12.1 Å². The number of hydrogen-bond acceptors (Lipinski definition) is 4. The van der Waals surface area contributed by atoms with Crippen LogP contribution in [0.2, 0.25) is 0 Å². The van der Waals surface area contributed by atoms with Crippen molar-refractivity contribution in [3.05, 3.63) is 29.6 Å². The molecule has 4 N–H and O–H groups in total. The Labute approximate surface area is 131 Å². The topological polar surface area (TPSA) is 78.2 Å². The first kappa shape index (κ1) is 15.5. The number of aromatic amines is 1. The molecular weight excluding hydrogens is 276 g/mol. The van der Waals surface area contributed by atoms with E-state index >= 15 is 0 Å². The van der Waals surface area contributed by atoms with Crippen LogP contribution in [0.5, 0.6) is 0 Å². The number of nitrogens with zero attached hydrogens (tertiary/aromatic N) is 2. The average Bonchev–Trinajstić information content (AvgIpc) is 3.01. The highest BCUT2D eigenvalue weighted by Gasteiger charge is 2.45. The first-order valence-corrected chi connectivity index (χ1v) is 7.94. The molecule has 120 valence electrons. The van der Waals surface area contributed by atoms with Crippen LogP contribution in [0.3, 0.4) is 0 Å². The van der Waals surface area contributed by atoms with Gasteiger partial charge in [-0.15, -0.1) is 0 Å². The summed E-state index contributed by atoms with van der Waals surface area (Å²) in [6.45, 7) is 10.1. The van der Waals surface area contributed by atoms with Gasteiger partial charge in [0, 0.05) is 11.1 Å². The summed E-state index contributed by atoms with van der Waals surface area (Å²) in [7, 11) is 0. The summed E-state index contributed by atoms with van der Waals surface area (Å²) in [6, 6.07) is 5.71. The summed E-state index contributed by atoms with van der Waals surface area (Å²) in [5.41, 5.74) is 8.00. The van der Waals surface area contributed by atoms with E-state index in [1.807, 2.05) is 18.2 Å². The molecule has 1 aromatic heterocycles. The van der Waals surface area contributed by atoms with Crippen LogP contribution in [0.25, 0.3) is 11.0 Å². The van der Waals surface area contributed by atoms with Crippen molar-refractivity contribution in [1.82, 2.24) is 14.9 Å². The fraction of sp³-hybridized carbons (Fsp3) is 0.588. The summed E-state index contributed by atoms with van der Waals surface area (Å²) < 4.78 is 0. The second kappa shape index (κ2) is 5.05. The highest BCUT2D eigenvalue weighted by molar-refractivity contribution is 5.79. The number of imidazole rings is 1. The summed E-state index contributed by atoms with van der Waals surface area (Å²) in [5.74, 6) is 0.961. The quantitative estimate of drug-likeness (QED) is 0.745. The molecule has 5 heteroatoms. The van der Waals surface area contributed by atoms with Crippen molar-refractivity contribution in [2.75, 3.05) is 6.54 Å². The van der Waals surface area contributed by atoms with Gasteiger partial charge in [0.25, 0.3) is 0 Å². The van der Waals surface area contributed by atoms with Crippen LogP contribution in [-0.2, 0) is 5.54 Å². The predicted octanol–water partition coefficient (Wildman–Crippen LogP) is 2.62. The monoisotopic (exact) mass is 302 g/mol. The maximum atomic E-state index is 9.76. The van der Waals surface area contributed by atoms with Gasteiger partial charge in [-0.3, -0.25) is 4.90 Å². The van der Waals surface area contributed by atoms with Crippen LogP contribution in [0.1, 0.15) is 58.2 Å². The Bertz CT molecular complexity index is 686. The lowest BCUT2D eigenvalue weighted by molar-refractivity contribution is 0.0481. The van der Waals surface area contributed by atoms with E-state index in [9.17, 15) is 5.11 Å². The minimum Gasteiger partial charge on any atom is -0.374 e. The van der Waals surface area contributed by atoms with Crippen LogP contribution in [0.15, 0.2) is 18.2 Å². The zero-order chi connectivity index (χ0) is 16.1. The van der Waals surface area contributed by atoms with E-state index in [-0.39, 0.29) is 11.1 Å². The van der Waals surface area contributed by atoms with Gasteiger partial charge in [0.2, 0.25) is 0 Å². The second-order valence-electron chi connectivity index (χ2n) is 7.47. The first-order chi connectivity index (χ1) is 10.2. The molecule has 2 heterocycles. The van der Waals surface area contributed by atoms with Crippen molar-refractivity contribution in [3.63, 3.8) is 0 Å². The SMILES string of the molecule is CC(C)(C)N1CCC[C@]1(C)c1nc2c(C(N)O)cccc2[nH]1. The number of hydrogen-bond donors (Lipinski definition) is 3. The summed E-state index contributed by atoms with van der Waals surface area (Å²) in [5, 5.41) is 9.76. The number of aliphatic hydroxyl groups excluding tert-OH is 1. The van der Waals surface area contributed by atoms with Crippen molar-refractivity contribution < 1.29 is 5.11 Å². The van der Waals surface area contributed by atoms with E-state index in [1.165, 1.54) is 0 Å². The number of aliphatic hydroxyl groups is 1. The molecule has 0 radical (unpaired) electrons. The maximum Gasteiger partial charge on any atom is 0.130 e. The number of rotatable bonds is 2. The van der Waals surface area contributed by atoms with Gasteiger partial charge in [-0.2, -0.15) is 0 Å². The summed E-state index contributed by atoms with van der Waals surface area (Å²) in [4.78, 5) is 10.8. The molecular formula is C17H26N4O. The largest absolute Gasteiger partial charge is 0.374 e. The number of likely N-dealkylation sites (tertiary alicyclic amines) is 1. The van der Waals surface area contributed by atoms with Gasteiger partial charge in [0.15, 0.2) is 0 Å². The van der Waals surface area contributed by atoms with Gasteiger partial charge in [0.1, 0.15) is 12.1 Å². The third kappa shape index (κ3) is 2.33. The number of benzene rings is 1. The van der Waals surface area contributed by atoms with E-state index in [4.69, 9.17) is 10.7 Å². The fourth-order valence-electron chi connectivity index (χ4n) is 3.83. The van der Waals surface area contributed by atoms with Crippen LogP contribution < -0.4 is 5.73 Å². The van der Waals surface area contributed by atoms with Gasteiger partial charge in [0.05, 0.1) is 16.6 Å². The third-order valence-corrected chi connectivity index (χ3v) is 4.82. The molecule has 1 saturated heterocycles. The fourth-order valence-corrected chi connectivity index (χ4v) is 3.83. The van der Waals surface area contributed by atoms with E-state index in [0.29, 0.717) is 5.56 Å².